The minimum absolute atomic E-state index is 0.244. The van der Waals surface area contributed by atoms with Crippen LogP contribution < -0.4 is 5.32 Å². The van der Waals surface area contributed by atoms with Gasteiger partial charge in [0.1, 0.15) is 5.69 Å². The summed E-state index contributed by atoms with van der Waals surface area (Å²) >= 11 is 0. The van der Waals surface area contributed by atoms with E-state index in [1.807, 2.05) is 13.8 Å². The monoisotopic (exact) mass is 201 g/mol. The van der Waals surface area contributed by atoms with Crippen molar-refractivity contribution in [1.29, 1.82) is 0 Å². The molecule has 3 nitrogen and oxygen atoms in total. The average molecular weight is 201 g/mol. The molecule has 14 heavy (non-hydrogen) atoms. The van der Waals surface area contributed by atoms with Crippen LogP contribution in [0.25, 0.3) is 0 Å². The Bertz CT molecular complexity index is 289. The highest BCUT2D eigenvalue weighted by atomic mass is 19.3. The maximum Gasteiger partial charge on any atom is 0.280 e. The molecule has 0 atom stereocenters. The maximum atomic E-state index is 12.2. The van der Waals surface area contributed by atoms with Gasteiger partial charge in [-0.15, -0.1) is 0 Å². The normalized spacial score (nSPS) is 11.0. The Kier molecular flexibility index (Phi) is 3.73. The van der Waals surface area contributed by atoms with Gasteiger partial charge in [-0.25, -0.2) is 18.7 Å². The Morgan fingerprint density at radius 3 is 2.71 bits per heavy atom. The third-order valence-corrected chi connectivity index (χ3v) is 1.57. The molecule has 1 aromatic heterocycles. The summed E-state index contributed by atoms with van der Waals surface area (Å²) in [5, 5.41) is 2.88. The second kappa shape index (κ2) is 4.83. The first-order chi connectivity index (χ1) is 6.59. The lowest BCUT2D eigenvalue weighted by Gasteiger charge is -2.07. The molecule has 0 fully saturated rings. The van der Waals surface area contributed by atoms with Gasteiger partial charge in [-0.3, -0.25) is 0 Å². The number of hydrogen-bond donors (Lipinski definition) is 1. The van der Waals surface area contributed by atoms with Crippen LogP contribution >= 0.6 is 0 Å². The summed E-state index contributed by atoms with van der Waals surface area (Å²) in [6, 6.07) is 1.21. The molecule has 5 heteroatoms. The fourth-order valence-electron chi connectivity index (χ4n) is 0.875. The predicted molar refractivity (Wildman–Crippen MR) is 50.3 cm³/mol. The highest BCUT2D eigenvalue weighted by Gasteiger charge is 2.09. The van der Waals surface area contributed by atoms with E-state index in [4.69, 9.17) is 0 Å². The smallest absolute Gasteiger partial charge is 0.280 e. The molecule has 0 bridgehead atoms. The molecule has 0 aliphatic carbocycles. The van der Waals surface area contributed by atoms with Crippen molar-refractivity contribution in [2.45, 2.75) is 20.3 Å². The van der Waals surface area contributed by atoms with Crippen molar-refractivity contribution in [3.05, 3.63) is 18.0 Å². The largest absolute Gasteiger partial charge is 0.354 e. The lowest BCUT2D eigenvalue weighted by molar-refractivity contribution is 0.146. The fourth-order valence-corrected chi connectivity index (χ4v) is 0.875. The summed E-state index contributed by atoms with van der Waals surface area (Å²) in [5.74, 6) is 0.685. The number of rotatable bonds is 4. The Morgan fingerprint density at radius 2 is 2.14 bits per heavy atom. The molecule has 0 saturated heterocycles. The van der Waals surface area contributed by atoms with Crippen molar-refractivity contribution < 1.29 is 8.78 Å². The minimum Gasteiger partial charge on any atom is -0.354 e. The zero-order chi connectivity index (χ0) is 10.6. The first-order valence-corrected chi connectivity index (χ1v) is 4.44. The van der Waals surface area contributed by atoms with E-state index >= 15 is 0 Å². The molecule has 0 radical (unpaired) electrons. The molecular formula is C9H13F2N3. The number of nitrogens with one attached hydrogen (secondary N) is 1. The van der Waals surface area contributed by atoms with Gasteiger partial charge in [-0.2, -0.15) is 0 Å². The molecule has 0 unspecified atom stereocenters. The summed E-state index contributed by atoms with van der Waals surface area (Å²) in [6.07, 6.45) is -1.21. The highest BCUT2D eigenvalue weighted by Crippen LogP contribution is 2.16. The molecule has 1 heterocycles. The van der Waals surface area contributed by atoms with Crippen LogP contribution in [0.15, 0.2) is 12.3 Å². The third kappa shape index (κ3) is 3.24. The van der Waals surface area contributed by atoms with Gasteiger partial charge in [0.2, 0.25) is 5.95 Å². The number of anilines is 1. The van der Waals surface area contributed by atoms with Crippen LogP contribution in [0.3, 0.4) is 0 Å². The van der Waals surface area contributed by atoms with E-state index < -0.39 is 6.43 Å². The van der Waals surface area contributed by atoms with E-state index in [0.717, 1.165) is 0 Å². The molecule has 0 aliphatic rings. The summed E-state index contributed by atoms with van der Waals surface area (Å²) in [4.78, 5) is 7.51. The van der Waals surface area contributed by atoms with Crippen molar-refractivity contribution in [1.82, 2.24) is 9.97 Å². The van der Waals surface area contributed by atoms with Gasteiger partial charge in [0.25, 0.3) is 6.43 Å². The van der Waals surface area contributed by atoms with Crippen LogP contribution in [0.2, 0.25) is 0 Å². The van der Waals surface area contributed by atoms with Crippen LogP contribution in [0.5, 0.6) is 0 Å². The van der Waals surface area contributed by atoms with Crippen LogP contribution in [0, 0.1) is 5.92 Å². The van der Waals surface area contributed by atoms with E-state index in [2.05, 4.69) is 15.3 Å². The highest BCUT2D eigenvalue weighted by molar-refractivity contribution is 5.25. The second-order valence-electron chi connectivity index (χ2n) is 3.38. The topological polar surface area (TPSA) is 37.8 Å². The maximum absolute atomic E-state index is 12.2. The Balaban J connectivity index is 2.64. The van der Waals surface area contributed by atoms with E-state index in [0.29, 0.717) is 12.5 Å². The van der Waals surface area contributed by atoms with Gasteiger partial charge in [0.05, 0.1) is 0 Å². The van der Waals surface area contributed by atoms with Gasteiger partial charge in [0, 0.05) is 12.7 Å². The molecule has 0 amide bonds. The molecule has 0 aliphatic heterocycles. The third-order valence-electron chi connectivity index (χ3n) is 1.57. The van der Waals surface area contributed by atoms with Crippen molar-refractivity contribution in [2.24, 2.45) is 5.92 Å². The Morgan fingerprint density at radius 1 is 1.43 bits per heavy atom. The molecular weight excluding hydrogens is 188 g/mol. The first-order valence-electron chi connectivity index (χ1n) is 4.44. The zero-order valence-electron chi connectivity index (χ0n) is 8.17. The van der Waals surface area contributed by atoms with Crippen LogP contribution in [0.4, 0.5) is 14.7 Å². The predicted octanol–water partition coefficient (Wildman–Crippen LogP) is 2.48. The fraction of sp³-hybridized carbons (Fsp3) is 0.556. The quantitative estimate of drug-likeness (QED) is 0.813. The Hall–Kier alpha value is -1.26. The van der Waals surface area contributed by atoms with Crippen LogP contribution in [0.1, 0.15) is 26.0 Å². The van der Waals surface area contributed by atoms with E-state index in [9.17, 15) is 8.78 Å². The zero-order valence-corrected chi connectivity index (χ0v) is 8.17. The number of aromatic nitrogens is 2. The molecule has 0 spiro atoms. The van der Waals surface area contributed by atoms with E-state index in [1.165, 1.54) is 12.3 Å². The molecule has 78 valence electrons. The average Bonchev–Trinajstić information content (AvgIpc) is 2.15. The SMILES string of the molecule is CC(C)CNc1nccc(C(F)F)n1. The lowest BCUT2D eigenvalue weighted by atomic mass is 10.2. The number of halogens is 2. The standard InChI is InChI=1S/C9H13F2N3/c1-6(2)5-13-9-12-4-3-7(14-9)8(10)11/h3-4,6,8H,5H2,1-2H3,(H,12,13,14). The number of alkyl halides is 2. The minimum atomic E-state index is -2.54. The van der Waals surface area contributed by atoms with Gasteiger partial charge < -0.3 is 5.32 Å². The van der Waals surface area contributed by atoms with Gasteiger partial charge in [-0.05, 0) is 12.0 Å². The van der Waals surface area contributed by atoms with Crippen molar-refractivity contribution >= 4 is 5.95 Å². The summed E-state index contributed by atoms with van der Waals surface area (Å²) in [7, 11) is 0. The van der Waals surface area contributed by atoms with Crippen LogP contribution in [-0.4, -0.2) is 16.5 Å². The number of nitrogens with zero attached hydrogens (tertiary/aromatic N) is 2. The Labute approximate surface area is 81.6 Å². The summed E-state index contributed by atoms with van der Waals surface area (Å²) < 4.78 is 24.5. The van der Waals surface area contributed by atoms with Crippen molar-refractivity contribution in [3.8, 4) is 0 Å². The van der Waals surface area contributed by atoms with E-state index in [-0.39, 0.29) is 11.6 Å². The lowest BCUT2D eigenvalue weighted by Crippen LogP contribution is -2.11. The van der Waals surface area contributed by atoms with E-state index in [1.54, 1.807) is 0 Å². The van der Waals surface area contributed by atoms with Crippen molar-refractivity contribution in [2.75, 3.05) is 11.9 Å². The first kappa shape index (κ1) is 10.8. The molecule has 0 aromatic carbocycles. The van der Waals surface area contributed by atoms with Gasteiger partial charge >= 0.3 is 0 Å². The summed E-state index contributed by atoms with van der Waals surface area (Å²) in [6.45, 7) is 4.71. The van der Waals surface area contributed by atoms with Crippen molar-refractivity contribution in [3.63, 3.8) is 0 Å². The molecule has 1 aromatic rings. The summed E-state index contributed by atoms with van der Waals surface area (Å²) in [5.41, 5.74) is -0.244. The second-order valence-corrected chi connectivity index (χ2v) is 3.38. The van der Waals surface area contributed by atoms with Gasteiger partial charge in [0.15, 0.2) is 0 Å². The molecule has 1 N–H and O–H groups in total. The molecule has 1 rings (SSSR count). The molecule has 0 saturated carbocycles. The van der Waals surface area contributed by atoms with Crippen LogP contribution in [-0.2, 0) is 0 Å². The number of hydrogen-bond acceptors (Lipinski definition) is 3. The van der Waals surface area contributed by atoms with Gasteiger partial charge in [-0.1, -0.05) is 13.8 Å².